The van der Waals surface area contributed by atoms with Crippen LogP contribution in [0.3, 0.4) is 0 Å². The van der Waals surface area contributed by atoms with Crippen LogP contribution in [0.2, 0.25) is 0 Å². The highest BCUT2D eigenvalue weighted by atomic mass is 16.7. The van der Waals surface area contributed by atoms with Crippen molar-refractivity contribution in [1.29, 1.82) is 0 Å². The number of nitro groups is 1. The highest BCUT2D eigenvalue weighted by Gasteiger charge is 2.23. The predicted molar refractivity (Wildman–Crippen MR) is 96.1 cm³/mol. The number of anilines is 3. The van der Waals surface area contributed by atoms with E-state index in [0.29, 0.717) is 23.9 Å². The minimum Gasteiger partial charge on any atom is -0.454 e. The van der Waals surface area contributed by atoms with Crippen LogP contribution >= 0.6 is 0 Å². The third-order valence-corrected chi connectivity index (χ3v) is 3.81. The summed E-state index contributed by atoms with van der Waals surface area (Å²) < 4.78 is 10.6. The van der Waals surface area contributed by atoms with Crippen molar-refractivity contribution in [2.45, 2.75) is 6.54 Å². The number of hydrogen-bond acceptors (Lipinski definition) is 9. The van der Waals surface area contributed by atoms with Gasteiger partial charge in [0.25, 0.3) is 0 Å². The molecule has 3 aromatic rings. The summed E-state index contributed by atoms with van der Waals surface area (Å²) in [7, 11) is 0. The van der Waals surface area contributed by atoms with Gasteiger partial charge in [-0.05, 0) is 29.8 Å². The first-order valence-electron chi connectivity index (χ1n) is 8.00. The maximum absolute atomic E-state index is 11.6. The lowest BCUT2D eigenvalue weighted by molar-refractivity contribution is -0.383. The van der Waals surface area contributed by atoms with E-state index < -0.39 is 4.92 Å². The number of fused-ring (bicyclic) bond motifs is 1. The molecule has 2 N–H and O–H groups in total. The second-order valence-electron chi connectivity index (χ2n) is 5.56. The fourth-order valence-electron chi connectivity index (χ4n) is 2.57. The van der Waals surface area contributed by atoms with Crippen molar-refractivity contribution in [3.8, 4) is 11.5 Å². The zero-order valence-corrected chi connectivity index (χ0v) is 14.0. The topological polar surface area (TPSA) is 124 Å². The Kier molecular flexibility index (Phi) is 4.35. The van der Waals surface area contributed by atoms with Gasteiger partial charge >= 0.3 is 5.69 Å². The SMILES string of the molecule is O=[N+]([O-])c1c(NCc2ccc3c(c2)OCO3)ncnc1Nc1ccccn1. The number of nitrogens with one attached hydrogen (secondary N) is 2. The molecule has 1 aliphatic heterocycles. The van der Waals surface area contributed by atoms with Gasteiger partial charge in [0.2, 0.25) is 18.4 Å². The van der Waals surface area contributed by atoms with Gasteiger partial charge in [-0.15, -0.1) is 0 Å². The van der Waals surface area contributed by atoms with E-state index >= 15 is 0 Å². The second kappa shape index (κ2) is 7.12. The number of hydrogen-bond donors (Lipinski definition) is 2. The minimum atomic E-state index is -0.534. The molecule has 0 spiro atoms. The molecule has 0 saturated heterocycles. The van der Waals surface area contributed by atoms with Gasteiger partial charge in [-0.1, -0.05) is 12.1 Å². The lowest BCUT2D eigenvalue weighted by atomic mass is 10.2. The summed E-state index contributed by atoms with van der Waals surface area (Å²) in [6.45, 7) is 0.504. The normalized spacial score (nSPS) is 11.9. The zero-order valence-electron chi connectivity index (χ0n) is 14.0. The average molecular weight is 366 g/mol. The van der Waals surface area contributed by atoms with Crippen molar-refractivity contribution in [3.63, 3.8) is 0 Å². The molecule has 0 bridgehead atoms. The van der Waals surface area contributed by atoms with Gasteiger partial charge in [-0.25, -0.2) is 15.0 Å². The summed E-state index contributed by atoms with van der Waals surface area (Å²) in [4.78, 5) is 23.1. The van der Waals surface area contributed by atoms with Crippen LogP contribution in [0.5, 0.6) is 11.5 Å². The fourth-order valence-corrected chi connectivity index (χ4v) is 2.57. The summed E-state index contributed by atoms with van der Waals surface area (Å²) >= 11 is 0. The maximum Gasteiger partial charge on any atom is 0.353 e. The zero-order chi connectivity index (χ0) is 18.6. The van der Waals surface area contributed by atoms with Crippen LogP contribution in [0.1, 0.15) is 5.56 Å². The first-order valence-corrected chi connectivity index (χ1v) is 8.00. The standard InChI is InChI=1S/C17H14N6O4/c24-23(25)15-16(19-8-11-4-5-12-13(7-11)27-10-26-12)20-9-21-17(15)22-14-3-1-2-6-18-14/h1-7,9H,8,10H2,(H2,18,19,20,21,22). The number of ether oxygens (including phenoxy) is 2. The highest BCUT2D eigenvalue weighted by Crippen LogP contribution is 2.34. The number of nitrogens with zero attached hydrogens (tertiary/aromatic N) is 4. The lowest BCUT2D eigenvalue weighted by Gasteiger charge is -2.10. The molecule has 136 valence electrons. The van der Waals surface area contributed by atoms with Gasteiger partial charge in [0.15, 0.2) is 11.5 Å². The van der Waals surface area contributed by atoms with Crippen LogP contribution in [0.4, 0.5) is 23.1 Å². The quantitative estimate of drug-likeness (QED) is 0.500. The van der Waals surface area contributed by atoms with Crippen LogP contribution in [0, 0.1) is 10.1 Å². The van der Waals surface area contributed by atoms with E-state index in [9.17, 15) is 10.1 Å². The molecule has 0 fully saturated rings. The van der Waals surface area contributed by atoms with E-state index in [-0.39, 0.29) is 24.1 Å². The van der Waals surface area contributed by atoms with Crippen LogP contribution < -0.4 is 20.1 Å². The Balaban J connectivity index is 1.57. The highest BCUT2D eigenvalue weighted by molar-refractivity contribution is 5.72. The number of aromatic nitrogens is 3. The Hall–Kier alpha value is -3.95. The molecule has 0 radical (unpaired) electrons. The predicted octanol–water partition coefficient (Wildman–Crippen LogP) is 2.86. The monoisotopic (exact) mass is 366 g/mol. The van der Waals surface area contributed by atoms with E-state index in [1.54, 1.807) is 30.5 Å². The van der Waals surface area contributed by atoms with Gasteiger partial charge in [-0.3, -0.25) is 10.1 Å². The van der Waals surface area contributed by atoms with E-state index in [0.717, 1.165) is 5.56 Å². The van der Waals surface area contributed by atoms with Crippen molar-refractivity contribution in [3.05, 3.63) is 64.6 Å². The average Bonchev–Trinajstić information content (AvgIpc) is 3.15. The van der Waals surface area contributed by atoms with Crippen LogP contribution in [0.25, 0.3) is 0 Å². The summed E-state index contributed by atoms with van der Waals surface area (Å²) in [6, 6.07) is 10.7. The van der Waals surface area contributed by atoms with Crippen molar-refractivity contribution in [2.24, 2.45) is 0 Å². The van der Waals surface area contributed by atoms with E-state index in [1.807, 2.05) is 12.1 Å². The Morgan fingerprint density at radius 3 is 2.74 bits per heavy atom. The summed E-state index contributed by atoms with van der Waals surface area (Å²) in [5.41, 5.74) is 0.607. The molecule has 3 heterocycles. The van der Waals surface area contributed by atoms with Crippen molar-refractivity contribution in [2.75, 3.05) is 17.4 Å². The molecule has 1 aliphatic rings. The third kappa shape index (κ3) is 3.54. The van der Waals surface area contributed by atoms with E-state index in [4.69, 9.17) is 9.47 Å². The molecule has 0 aliphatic carbocycles. The molecule has 2 aromatic heterocycles. The van der Waals surface area contributed by atoms with Crippen LogP contribution in [-0.2, 0) is 6.54 Å². The number of pyridine rings is 1. The van der Waals surface area contributed by atoms with Crippen molar-refractivity contribution in [1.82, 2.24) is 15.0 Å². The first kappa shape index (κ1) is 16.5. The van der Waals surface area contributed by atoms with Gasteiger partial charge in [0.1, 0.15) is 12.1 Å². The molecule has 1 aromatic carbocycles. The minimum absolute atomic E-state index is 0.0573. The van der Waals surface area contributed by atoms with Crippen LogP contribution in [0.15, 0.2) is 48.9 Å². The molecule has 0 atom stereocenters. The summed E-state index contributed by atoms with van der Waals surface area (Å²) in [5.74, 6) is 1.92. The molecule has 0 saturated carbocycles. The van der Waals surface area contributed by atoms with Gasteiger partial charge in [0, 0.05) is 12.7 Å². The van der Waals surface area contributed by atoms with Crippen molar-refractivity contribution >= 4 is 23.1 Å². The molecule has 27 heavy (non-hydrogen) atoms. The van der Waals surface area contributed by atoms with Gasteiger partial charge in [0.05, 0.1) is 4.92 Å². The Bertz CT molecular complexity index is 982. The lowest BCUT2D eigenvalue weighted by Crippen LogP contribution is -2.08. The molecule has 10 nitrogen and oxygen atoms in total. The second-order valence-corrected chi connectivity index (χ2v) is 5.56. The van der Waals surface area contributed by atoms with Gasteiger partial charge < -0.3 is 20.1 Å². The molecule has 0 unspecified atom stereocenters. The summed E-state index contributed by atoms with van der Waals surface area (Å²) in [6.07, 6.45) is 2.83. The Morgan fingerprint density at radius 1 is 1.07 bits per heavy atom. The molecular formula is C17H14N6O4. The van der Waals surface area contributed by atoms with E-state index in [1.165, 1.54) is 6.33 Å². The largest absolute Gasteiger partial charge is 0.454 e. The third-order valence-electron chi connectivity index (χ3n) is 3.81. The molecular weight excluding hydrogens is 352 g/mol. The van der Waals surface area contributed by atoms with Crippen LogP contribution in [-0.4, -0.2) is 26.7 Å². The number of rotatable bonds is 6. The summed E-state index contributed by atoms with van der Waals surface area (Å²) in [5, 5.41) is 17.4. The smallest absolute Gasteiger partial charge is 0.353 e. The molecule has 10 heteroatoms. The maximum atomic E-state index is 11.6. The number of benzene rings is 1. The Morgan fingerprint density at radius 2 is 1.93 bits per heavy atom. The van der Waals surface area contributed by atoms with E-state index in [2.05, 4.69) is 25.6 Å². The Labute approximate surface area is 153 Å². The molecule has 4 rings (SSSR count). The fraction of sp³-hybridized carbons (Fsp3) is 0.118. The van der Waals surface area contributed by atoms with Crippen molar-refractivity contribution < 1.29 is 14.4 Å². The first-order chi connectivity index (χ1) is 13.2. The molecule has 0 amide bonds. The van der Waals surface area contributed by atoms with Gasteiger partial charge in [-0.2, -0.15) is 0 Å².